The van der Waals surface area contributed by atoms with Gasteiger partial charge in [0.25, 0.3) is 0 Å². The van der Waals surface area contributed by atoms with Gasteiger partial charge in [0.05, 0.1) is 12.1 Å². The van der Waals surface area contributed by atoms with Crippen molar-refractivity contribution in [3.05, 3.63) is 56.6 Å². The Morgan fingerprint density at radius 1 is 0.707 bits per heavy atom. The molecule has 0 aliphatic carbocycles. The van der Waals surface area contributed by atoms with Gasteiger partial charge in [0.1, 0.15) is 35.2 Å². The molecule has 41 heavy (non-hydrogen) atoms. The predicted molar refractivity (Wildman–Crippen MR) is 174 cm³/mol. The molecule has 11 heteroatoms. The van der Waals surface area contributed by atoms with Crippen LogP contribution in [0.2, 0.25) is 44.3 Å². The van der Waals surface area contributed by atoms with Crippen LogP contribution < -0.4 is 15.7 Å². The second kappa shape index (κ2) is 14.0. The van der Waals surface area contributed by atoms with Crippen LogP contribution in [0.5, 0.6) is 11.5 Å². The van der Waals surface area contributed by atoms with Gasteiger partial charge < -0.3 is 27.2 Å². The van der Waals surface area contributed by atoms with Gasteiger partial charge in [-0.05, 0) is 55.2 Å². The lowest BCUT2D eigenvalue weighted by molar-refractivity contribution is 0.0627. The van der Waals surface area contributed by atoms with Crippen LogP contribution in [-0.4, -0.2) is 31.5 Å². The maximum Gasteiger partial charge on any atom is 0.339 e. The molecule has 8 nitrogen and oxygen atoms in total. The van der Waals surface area contributed by atoms with Crippen LogP contribution in [0.15, 0.2) is 42.7 Å². The van der Waals surface area contributed by atoms with Crippen molar-refractivity contribution < 1.29 is 27.2 Å². The van der Waals surface area contributed by atoms with Crippen molar-refractivity contribution in [2.75, 3.05) is 0 Å². The Balaban J connectivity index is 0.000000435. The first-order chi connectivity index (χ1) is 18.3. The molecule has 0 amide bonds. The maximum absolute atomic E-state index is 12.1. The van der Waals surface area contributed by atoms with E-state index in [-0.39, 0.29) is 39.5 Å². The number of hydrogen-bond acceptors (Lipinski definition) is 8. The average molecular weight is 627 g/mol. The van der Waals surface area contributed by atoms with E-state index in [1.54, 1.807) is 0 Å². The van der Waals surface area contributed by atoms with Crippen molar-refractivity contribution in [2.45, 2.75) is 119 Å². The maximum atomic E-state index is 12.1. The van der Waals surface area contributed by atoms with E-state index in [1.807, 2.05) is 26.8 Å². The second-order valence-electron chi connectivity index (χ2n) is 14.8. The molecule has 0 radical (unpaired) electrons. The van der Waals surface area contributed by atoms with Crippen molar-refractivity contribution in [1.82, 2.24) is 0 Å². The molecule has 234 valence electrons. The molecule has 2 atom stereocenters. The highest BCUT2D eigenvalue weighted by molar-refractivity contribution is 6.74. The predicted octanol–water partition coefficient (Wildman–Crippen LogP) is 7.54. The van der Waals surface area contributed by atoms with Gasteiger partial charge in [-0.25, -0.2) is 9.59 Å². The summed E-state index contributed by atoms with van der Waals surface area (Å²) in [6.45, 7) is 31.5. The van der Waals surface area contributed by atoms with Crippen molar-refractivity contribution >= 4 is 26.4 Å². The molecule has 0 spiro atoms. The zero-order chi connectivity index (χ0) is 32.1. The normalized spacial score (nSPS) is 14.5. The summed E-state index contributed by atoms with van der Waals surface area (Å²) >= 11 is 0. The van der Waals surface area contributed by atoms with Gasteiger partial charge in [-0.15, -0.1) is 0 Å². The average Bonchev–Trinajstić information content (AvgIpc) is 2.72. The Morgan fingerprint density at radius 2 is 1.10 bits per heavy atom. The summed E-state index contributed by atoms with van der Waals surface area (Å²) in [5, 5.41) is 9.50. The lowest BCUT2D eigenvalue weighted by atomic mass is 9.87. The van der Waals surface area contributed by atoms with E-state index in [1.165, 1.54) is 12.1 Å². The Bertz CT molecular complexity index is 1230. The van der Waals surface area contributed by atoms with Gasteiger partial charge in [-0.2, -0.15) is 0 Å². The summed E-state index contributed by atoms with van der Waals surface area (Å²) in [4.78, 5) is 23.3. The molecule has 2 rings (SSSR count). The number of aromatic hydroxyl groups is 1. The largest absolute Gasteiger partial charge is 0.543 e. The topological polar surface area (TPSA) is 108 Å². The number of hydrogen-bond donors (Lipinski definition) is 1. The molecule has 2 aromatic rings. The quantitative estimate of drug-likeness (QED) is 0.299. The number of rotatable bonds is 8. The van der Waals surface area contributed by atoms with Crippen LogP contribution in [-0.2, 0) is 8.85 Å². The Hall–Kier alpha value is -1.93. The smallest absolute Gasteiger partial charge is 0.339 e. The van der Waals surface area contributed by atoms with E-state index in [0.29, 0.717) is 17.3 Å². The molecular formula is C30H54O8Si3. The lowest BCUT2D eigenvalue weighted by Gasteiger charge is -2.36. The lowest BCUT2D eigenvalue weighted by Crippen LogP contribution is -2.44. The molecule has 2 aromatic heterocycles. The van der Waals surface area contributed by atoms with Gasteiger partial charge in [-0.3, -0.25) is 0 Å². The first kappa shape index (κ1) is 37.1. The third kappa shape index (κ3) is 12.1. The zero-order valence-corrected chi connectivity index (χ0v) is 31.2. The summed E-state index contributed by atoms with van der Waals surface area (Å²) in [5.74, 6) is 1.46. The van der Waals surface area contributed by atoms with E-state index in [4.69, 9.17) is 22.1 Å². The highest BCUT2D eigenvalue weighted by atomic mass is 28.4. The first-order valence-corrected chi connectivity index (χ1v) is 22.8. The molecule has 0 fully saturated rings. The van der Waals surface area contributed by atoms with Crippen LogP contribution in [0.1, 0.15) is 86.0 Å². The van der Waals surface area contributed by atoms with Gasteiger partial charge >= 0.3 is 11.3 Å². The van der Waals surface area contributed by atoms with Crippen LogP contribution in [0.25, 0.3) is 0 Å². The monoisotopic (exact) mass is 626 g/mol. The van der Waals surface area contributed by atoms with Crippen molar-refractivity contribution in [2.24, 2.45) is 10.8 Å². The van der Waals surface area contributed by atoms with Crippen LogP contribution in [0.4, 0.5) is 0 Å². The van der Waals surface area contributed by atoms with Crippen LogP contribution in [0.3, 0.4) is 0 Å². The molecule has 0 saturated heterocycles. The summed E-state index contributed by atoms with van der Waals surface area (Å²) in [6.07, 6.45) is -0.561. The third-order valence-electron chi connectivity index (χ3n) is 6.62. The van der Waals surface area contributed by atoms with Crippen LogP contribution >= 0.6 is 0 Å². The minimum Gasteiger partial charge on any atom is -0.543 e. The van der Waals surface area contributed by atoms with Gasteiger partial charge in [0.2, 0.25) is 8.32 Å². The molecule has 1 N–H and O–H groups in total. The fourth-order valence-corrected chi connectivity index (χ4v) is 6.85. The summed E-state index contributed by atoms with van der Waals surface area (Å²) in [7, 11) is -4.58. The van der Waals surface area contributed by atoms with Crippen LogP contribution in [0, 0.1) is 10.8 Å². The van der Waals surface area contributed by atoms with E-state index in [2.05, 4.69) is 80.8 Å². The molecule has 0 aliphatic heterocycles. The van der Waals surface area contributed by atoms with Gasteiger partial charge in [0.15, 0.2) is 18.1 Å². The Labute approximate surface area is 251 Å². The van der Waals surface area contributed by atoms with Crippen molar-refractivity contribution in [3.8, 4) is 11.5 Å². The molecule has 2 heterocycles. The highest BCUT2D eigenvalue weighted by Gasteiger charge is 2.39. The molecule has 0 saturated carbocycles. The Morgan fingerprint density at radius 3 is 1.44 bits per heavy atom. The van der Waals surface area contributed by atoms with E-state index < -0.39 is 32.0 Å². The van der Waals surface area contributed by atoms with Gasteiger partial charge in [0, 0.05) is 12.1 Å². The molecule has 0 bridgehead atoms. The Kier molecular flexibility index (Phi) is 12.7. The molecular weight excluding hydrogens is 573 g/mol. The molecule has 2 unspecified atom stereocenters. The fraction of sp³-hybridized carbons (Fsp3) is 0.667. The van der Waals surface area contributed by atoms with Crippen molar-refractivity contribution in [3.63, 3.8) is 0 Å². The van der Waals surface area contributed by atoms with Gasteiger partial charge in [-0.1, -0.05) is 62.3 Å². The minimum atomic E-state index is -2.02. The van der Waals surface area contributed by atoms with E-state index in [9.17, 15) is 14.7 Å². The van der Waals surface area contributed by atoms with E-state index in [0.717, 1.165) is 6.07 Å². The van der Waals surface area contributed by atoms with Crippen molar-refractivity contribution in [1.29, 1.82) is 0 Å². The zero-order valence-electron chi connectivity index (χ0n) is 27.9. The third-order valence-corrected chi connectivity index (χ3v) is 12.6. The second-order valence-corrected chi connectivity index (χ2v) is 24.2. The summed E-state index contributed by atoms with van der Waals surface area (Å²) in [6, 6.07) is 5.79. The first-order valence-electron chi connectivity index (χ1n) is 14.3. The fourth-order valence-electron chi connectivity index (χ4n) is 3.66. The minimum absolute atomic E-state index is 0.0635. The summed E-state index contributed by atoms with van der Waals surface area (Å²) < 4.78 is 29.0. The van der Waals surface area contributed by atoms with E-state index >= 15 is 0 Å². The molecule has 0 aromatic carbocycles. The standard InChI is InChI=1S/C18H34O4Si2.C12H20O4Si/c1-17(2,3)16(21-23(7)8)14-11-13(12-15(19)20-14)22-24(9,10)18(4,5)6;1-12(2,3)11(16-17(4)5)9-6-8(13)7-10(14)15-9/h11-12,16,23H,1-10H3;6-7,11,13,17H,1-5H3. The highest BCUT2D eigenvalue weighted by Crippen LogP contribution is 2.40. The molecule has 0 aliphatic rings. The SMILES string of the molecule is C[SiH](C)OC(c1cc(O)cc(=O)o1)C(C)(C)C.C[SiH](C)OC(c1cc(O[Si](C)(C)C(C)(C)C)cc(=O)o1)C(C)(C)C. The summed E-state index contributed by atoms with van der Waals surface area (Å²) in [5.41, 5.74) is -1.29.